The molecule has 2 N–H and O–H groups in total. The van der Waals surface area contributed by atoms with E-state index in [0.717, 1.165) is 36.8 Å². The van der Waals surface area contributed by atoms with E-state index in [1.54, 1.807) is 27.7 Å². The number of phenolic OH excluding ortho intramolecular Hbond substituents is 1. The van der Waals surface area contributed by atoms with E-state index in [1.165, 1.54) is 0 Å². The summed E-state index contributed by atoms with van der Waals surface area (Å²) in [7, 11) is 1.85. The van der Waals surface area contributed by atoms with Crippen LogP contribution < -0.4 is 10.9 Å². The van der Waals surface area contributed by atoms with E-state index in [0.29, 0.717) is 27.9 Å². The van der Waals surface area contributed by atoms with Gasteiger partial charge in [0.25, 0.3) is 5.56 Å². The van der Waals surface area contributed by atoms with Crippen LogP contribution in [0.4, 0.5) is 0 Å². The molecule has 0 aliphatic carbocycles. The van der Waals surface area contributed by atoms with Crippen LogP contribution >= 0.6 is 0 Å². The molecule has 8 nitrogen and oxygen atoms in total. The fraction of sp³-hybridized carbons (Fsp3) is 0.333. The molecular formula is C21H22N6O2. The van der Waals surface area contributed by atoms with E-state index < -0.39 is 0 Å². The summed E-state index contributed by atoms with van der Waals surface area (Å²) >= 11 is 0. The molecule has 1 saturated heterocycles. The molecule has 0 saturated carbocycles. The third-order valence-corrected chi connectivity index (χ3v) is 5.74. The standard InChI is InChI=1S/C21H22N6O2/c1-12-18-13(10-26(2)25-18)9-16(19(12)28)17-4-3-15-20(24-17)23-11-27(21(15)29)14-5-7-22-8-6-14/h3-4,9-11,14,22,28H,5-8H2,1-2H3. The Balaban J connectivity index is 1.63. The third kappa shape index (κ3) is 2.87. The van der Waals surface area contributed by atoms with Crippen molar-refractivity contribution < 1.29 is 5.11 Å². The third-order valence-electron chi connectivity index (χ3n) is 5.74. The largest absolute Gasteiger partial charge is 0.507 e. The van der Waals surface area contributed by atoms with Gasteiger partial charge in [-0.1, -0.05) is 0 Å². The summed E-state index contributed by atoms with van der Waals surface area (Å²) in [5.74, 6) is 0.145. The summed E-state index contributed by atoms with van der Waals surface area (Å²) in [6.07, 6.45) is 5.34. The molecule has 4 heterocycles. The number of aromatic nitrogens is 5. The van der Waals surface area contributed by atoms with Crippen LogP contribution in [0.5, 0.6) is 5.75 Å². The van der Waals surface area contributed by atoms with Gasteiger partial charge in [-0.25, -0.2) is 9.97 Å². The Bertz CT molecular complexity index is 1300. The van der Waals surface area contributed by atoms with Gasteiger partial charge in [0.15, 0.2) is 5.65 Å². The first-order valence-electron chi connectivity index (χ1n) is 9.78. The number of hydrogen-bond donors (Lipinski definition) is 2. The van der Waals surface area contributed by atoms with E-state index in [-0.39, 0.29) is 17.4 Å². The van der Waals surface area contributed by atoms with Crippen molar-refractivity contribution in [2.24, 2.45) is 7.05 Å². The molecule has 0 atom stereocenters. The van der Waals surface area contributed by atoms with Crippen molar-refractivity contribution in [1.82, 2.24) is 29.6 Å². The summed E-state index contributed by atoms with van der Waals surface area (Å²) in [4.78, 5) is 22.0. The smallest absolute Gasteiger partial charge is 0.263 e. The lowest BCUT2D eigenvalue weighted by atomic mass is 10.0. The molecule has 3 aromatic heterocycles. The van der Waals surface area contributed by atoms with Crippen LogP contribution in [-0.2, 0) is 7.05 Å². The SMILES string of the molecule is Cc1c(O)c(-c2ccc3c(=O)n(C4CCNCC4)cnc3n2)cc2cn(C)nc12. The van der Waals surface area contributed by atoms with Crippen LogP contribution in [0.15, 0.2) is 35.5 Å². The first-order valence-corrected chi connectivity index (χ1v) is 9.78. The van der Waals surface area contributed by atoms with Gasteiger partial charge in [-0.3, -0.25) is 14.0 Å². The van der Waals surface area contributed by atoms with Crippen molar-refractivity contribution in [1.29, 1.82) is 0 Å². The van der Waals surface area contributed by atoms with Gasteiger partial charge in [0.05, 0.1) is 16.6 Å². The van der Waals surface area contributed by atoms with Crippen LogP contribution in [0.25, 0.3) is 33.2 Å². The second-order valence-electron chi connectivity index (χ2n) is 7.64. The molecule has 0 radical (unpaired) electrons. The van der Waals surface area contributed by atoms with Crippen molar-refractivity contribution in [3.05, 3.63) is 46.6 Å². The van der Waals surface area contributed by atoms with Crippen molar-refractivity contribution in [2.45, 2.75) is 25.8 Å². The number of aromatic hydroxyl groups is 1. The average Bonchev–Trinajstić information content (AvgIpc) is 3.12. The second-order valence-corrected chi connectivity index (χ2v) is 7.64. The van der Waals surface area contributed by atoms with Crippen LogP contribution in [0.1, 0.15) is 24.4 Å². The van der Waals surface area contributed by atoms with Gasteiger partial charge < -0.3 is 10.4 Å². The van der Waals surface area contributed by atoms with Gasteiger partial charge >= 0.3 is 0 Å². The number of rotatable bonds is 2. The van der Waals surface area contributed by atoms with Crippen molar-refractivity contribution in [3.63, 3.8) is 0 Å². The molecule has 5 rings (SSSR count). The monoisotopic (exact) mass is 390 g/mol. The van der Waals surface area contributed by atoms with E-state index in [2.05, 4.69) is 20.4 Å². The number of aryl methyl sites for hydroxylation is 2. The molecule has 0 bridgehead atoms. The number of fused-ring (bicyclic) bond motifs is 2. The van der Waals surface area contributed by atoms with Crippen LogP contribution in [-0.4, -0.2) is 42.5 Å². The Morgan fingerprint density at radius 3 is 2.83 bits per heavy atom. The van der Waals surface area contributed by atoms with Crippen molar-refractivity contribution in [2.75, 3.05) is 13.1 Å². The molecule has 148 valence electrons. The minimum atomic E-state index is -0.0657. The molecule has 8 heteroatoms. The van der Waals surface area contributed by atoms with Gasteiger partial charge in [-0.15, -0.1) is 0 Å². The Kier molecular flexibility index (Phi) is 4.09. The van der Waals surface area contributed by atoms with Crippen molar-refractivity contribution >= 4 is 21.9 Å². The molecule has 1 fully saturated rings. The minimum Gasteiger partial charge on any atom is -0.507 e. The van der Waals surface area contributed by atoms with E-state index in [1.807, 2.05) is 26.2 Å². The highest BCUT2D eigenvalue weighted by Gasteiger charge is 2.19. The fourth-order valence-electron chi connectivity index (χ4n) is 4.15. The number of nitrogens with zero attached hydrogens (tertiary/aromatic N) is 5. The highest BCUT2D eigenvalue weighted by Crippen LogP contribution is 2.36. The van der Waals surface area contributed by atoms with E-state index in [4.69, 9.17) is 0 Å². The molecule has 0 unspecified atom stereocenters. The van der Waals surface area contributed by atoms with Gasteiger partial charge in [0.2, 0.25) is 0 Å². The zero-order valence-electron chi connectivity index (χ0n) is 16.4. The maximum absolute atomic E-state index is 13.0. The summed E-state index contributed by atoms with van der Waals surface area (Å²) in [5.41, 5.74) is 2.97. The zero-order chi connectivity index (χ0) is 20.1. The minimum absolute atomic E-state index is 0.0657. The summed E-state index contributed by atoms with van der Waals surface area (Å²) < 4.78 is 3.45. The molecule has 1 aliphatic heterocycles. The fourth-order valence-corrected chi connectivity index (χ4v) is 4.15. The van der Waals surface area contributed by atoms with Gasteiger partial charge in [0.1, 0.15) is 12.1 Å². The van der Waals surface area contributed by atoms with Gasteiger partial charge in [-0.05, 0) is 51.1 Å². The maximum Gasteiger partial charge on any atom is 0.263 e. The van der Waals surface area contributed by atoms with E-state index >= 15 is 0 Å². The Morgan fingerprint density at radius 2 is 2.03 bits per heavy atom. The lowest BCUT2D eigenvalue weighted by Crippen LogP contribution is -2.34. The molecule has 1 aliphatic rings. The Hall–Kier alpha value is -3.26. The van der Waals surface area contributed by atoms with Crippen LogP contribution in [0.2, 0.25) is 0 Å². The average molecular weight is 390 g/mol. The highest BCUT2D eigenvalue weighted by atomic mass is 16.3. The topological polar surface area (TPSA) is 97.9 Å². The highest BCUT2D eigenvalue weighted by molar-refractivity contribution is 5.91. The molecule has 0 amide bonds. The van der Waals surface area contributed by atoms with E-state index in [9.17, 15) is 9.90 Å². The first kappa shape index (κ1) is 17.8. The van der Waals surface area contributed by atoms with Crippen LogP contribution in [0, 0.1) is 6.92 Å². The Morgan fingerprint density at radius 1 is 1.24 bits per heavy atom. The molecule has 0 spiro atoms. The predicted molar refractivity (Wildman–Crippen MR) is 111 cm³/mol. The number of nitrogens with one attached hydrogen (secondary N) is 1. The van der Waals surface area contributed by atoms with Gasteiger partial charge in [-0.2, -0.15) is 5.10 Å². The number of benzene rings is 1. The zero-order valence-corrected chi connectivity index (χ0v) is 16.4. The maximum atomic E-state index is 13.0. The summed E-state index contributed by atoms with van der Waals surface area (Å²) in [5, 5.41) is 19.8. The van der Waals surface area contributed by atoms with Crippen LogP contribution in [0.3, 0.4) is 0 Å². The Labute approximate surface area is 166 Å². The summed E-state index contributed by atoms with van der Waals surface area (Å²) in [6, 6.07) is 5.57. The van der Waals surface area contributed by atoms with Crippen molar-refractivity contribution in [3.8, 4) is 17.0 Å². The molecule has 1 aromatic carbocycles. The lowest BCUT2D eigenvalue weighted by Gasteiger charge is -2.24. The molecule has 29 heavy (non-hydrogen) atoms. The number of piperidine rings is 1. The van der Waals surface area contributed by atoms with Gasteiger partial charge in [0, 0.05) is 35.8 Å². The predicted octanol–water partition coefficient (Wildman–Crippen LogP) is 2.28. The quantitative estimate of drug-likeness (QED) is 0.545. The second kappa shape index (κ2) is 6.66. The number of hydrogen-bond acceptors (Lipinski definition) is 6. The normalized spacial score (nSPS) is 15.4. The first-order chi connectivity index (χ1) is 14.0. The lowest BCUT2D eigenvalue weighted by molar-refractivity contribution is 0.359. The molecular weight excluding hydrogens is 368 g/mol. The molecule has 4 aromatic rings. The number of pyridine rings is 1. The number of phenols is 1. The summed E-state index contributed by atoms with van der Waals surface area (Å²) in [6.45, 7) is 3.65.